The van der Waals surface area contributed by atoms with Crippen LogP contribution in [0.5, 0.6) is 5.75 Å². The van der Waals surface area contributed by atoms with E-state index in [9.17, 15) is 4.39 Å². The van der Waals surface area contributed by atoms with E-state index in [0.29, 0.717) is 17.1 Å². The molecule has 0 bridgehead atoms. The molecular weight excluding hydrogens is 277 g/mol. The van der Waals surface area contributed by atoms with Crippen molar-refractivity contribution in [2.24, 2.45) is 0 Å². The van der Waals surface area contributed by atoms with E-state index in [-0.39, 0.29) is 5.75 Å². The van der Waals surface area contributed by atoms with Gasteiger partial charge in [-0.25, -0.2) is 4.39 Å². The van der Waals surface area contributed by atoms with Gasteiger partial charge in [0.1, 0.15) is 0 Å². The number of nitrogens with zero attached hydrogens (tertiary/aromatic N) is 1. The Morgan fingerprint density at radius 3 is 2.85 bits per heavy atom. The Hall–Kier alpha value is -2.34. The summed E-state index contributed by atoms with van der Waals surface area (Å²) in [6.07, 6.45) is 0. The second-order valence-electron chi connectivity index (χ2n) is 4.19. The molecule has 0 radical (unpaired) electrons. The first-order valence-corrected chi connectivity index (χ1v) is 6.80. The number of aromatic amines is 1. The number of anilines is 1. The second kappa shape index (κ2) is 4.97. The maximum Gasteiger partial charge on any atom is 0.165 e. The number of aromatic nitrogens is 2. The van der Waals surface area contributed by atoms with Crippen LogP contribution in [0.15, 0.2) is 35.7 Å². The lowest BCUT2D eigenvalue weighted by Gasteiger charge is -2.05. The highest BCUT2D eigenvalue weighted by atomic mass is 32.1. The zero-order chi connectivity index (χ0) is 14.1. The molecule has 4 nitrogen and oxygen atoms in total. The molecule has 0 saturated heterocycles. The fourth-order valence-electron chi connectivity index (χ4n) is 2.06. The number of halogens is 1. The van der Waals surface area contributed by atoms with Crippen molar-refractivity contribution in [1.29, 1.82) is 0 Å². The monoisotopic (exact) mass is 289 g/mol. The van der Waals surface area contributed by atoms with Gasteiger partial charge < -0.3 is 10.5 Å². The van der Waals surface area contributed by atoms with Gasteiger partial charge in [-0.1, -0.05) is 6.07 Å². The molecule has 0 saturated carbocycles. The number of nitrogen functional groups attached to an aromatic ring is 1. The minimum atomic E-state index is -0.421. The van der Waals surface area contributed by atoms with Crippen LogP contribution in [0.3, 0.4) is 0 Å². The average molecular weight is 289 g/mol. The van der Waals surface area contributed by atoms with Crippen LogP contribution in [0.4, 0.5) is 10.2 Å². The van der Waals surface area contributed by atoms with Crippen molar-refractivity contribution in [2.75, 3.05) is 12.8 Å². The number of methoxy groups -OCH3 is 1. The van der Waals surface area contributed by atoms with Gasteiger partial charge in [0.25, 0.3) is 0 Å². The summed E-state index contributed by atoms with van der Waals surface area (Å²) in [6.45, 7) is 0. The van der Waals surface area contributed by atoms with Gasteiger partial charge in [0, 0.05) is 10.4 Å². The molecule has 0 spiro atoms. The van der Waals surface area contributed by atoms with E-state index in [1.165, 1.54) is 13.2 Å². The number of rotatable bonds is 3. The third kappa shape index (κ3) is 2.04. The van der Waals surface area contributed by atoms with Crippen LogP contribution in [0.2, 0.25) is 0 Å². The highest BCUT2D eigenvalue weighted by Gasteiger charge is 2.16. The highest BCUT2D eigenvalue weighted by Crippen LogP contribution is 2.37. The summed E-state index contributed by atoms with van der Waals surface area (Å²) in [7, 11) is 1.43. The summed E-state index contributed by atoms with van der Waals surface area (Å²) < 4.78 is 18.7. The lowest BCUT2D eigenvalue weighted by Crippen LogP contribution is -1.90. The first-order chi connectivity index (χ1) is 9.70. The summed E-state index contributed by atoms with van der Waals surface area (Å²) in [4.78, 5) is 0.988. The Bertz CT molecular complexity index is 737. The van der Waals surface area contributed by atoms with Crippen LogP contribution in [0.25, 0.3) is 21.7 Å². The lowest BCUT2D eigenvalue weighted by atomic mass is 10.1. The molecule has 3 rings (SSSR count). The first kappa shape index (κ1) is 12.7. The Kier molecular flexibility index (Phi) is 3.15. The van der Waals surface area contributed by atoms with E-state index >= 15 is 0 Å². The first-order valence-electron chi connectivity index (χ1n) is 5.92. The molecule has 0 fully saturated rings. The van der Waals surface area contributed by atoms with Gasteiger partial charge in [-0.15, -0.1) is 11.3 Å². The zero-order valence-corrected chi connectivity index (χ0v) is 11.5. The molecule has 0 unspecified atom stereocenters. The van der Waals surface area contributed by atoms with Crippen LogP contribution in [0, 0.1) is 5.82 Å². The molecule has 0 atom stereocenters. The van der Waals surface area contributed by atoms with Crippen molar-refractivity contribution < 1.29 is 9.13 Å². The fraction of sp³-hybridized carbons (Fsp3) is 0.0714. The lowest BCUT2D eigenvalue weighted by molar-refractivity contribution is 0.386. The smallest absolute Gasteiger partial charge is 0.165 e. The van der Waals surface area contributed by atoms with E-state index in [2.05, 4.69) is 10.2 Å². The standard InChI is InChI=1S/C14H12FN3OS/c1-19-10-5-4-8(7-9(10)15)13-12(14(16)18-17-13)11-3-2-6-20-11/h2-7H,1H3,(H3,16,17,18). The Balaban J connectivity index is 2.14. The Morgan fingerprint density at radius 2 is 2.20 bits per heavy atom. The number of hydrogen-bond acceptors (Lipinski definition) is 4. The zero-order valence-electron chi connectivity index (χ0n) is 10.7. The molecule has 102 valence electrons. The molecule has 2 heterocycles. The fourth-order valence-corrected chi connectivity index (χ4v) is 2.84. The normalized spacial score (nSPS) is 10.7. The van der Waals surface area contributed by atoms with Crippen molar-refractivity contribution >= 4 is 17.2 Å². The van der Waals surface area contributed by atoms with Gasteiger partial charge in [-0.2, -0.15) is 5.10 Å². The second-order valence-corrected chi connectivity index (χ2v) is 5.13. The van der Waals surface area contributed by atoms with Crippen LogP contribution in [-0.4, -0.2) is 17.3 Å². The van der Waals surface area contributed by atoms with Crippen LogP contribution in [-0.2, 0) is 0 Å². The van der Waals surface area contributed by atoms with Gasteiger partial charge in [0.15, 0.2) is 17.4 Å². The number of benzene rings is 1. The number of nitrogens with one attached hydrogen (secondary N) is 1. The average Bonchev–Trinajstić information content (AvgIpc) is 3.07. The predicted octanol–water partition coefficient (Wildman–Crippen LogP) is 3.54. The molecule has 0 aliphatic carbocycles. The van der Waals surface area contributed by atoms with E-state index < -0.39 is 5.82 Å². The van der Waals surface area contributed by atoms with Crippen molar-refractivity contribution in [1.82, 2.24) is 10.2 Å². The minimum Gasteiger partial charge on any atom is -0.494 e. The number of hydrogen-bond donors (Lipinski definition) is 2. The van der Waals surface area contributed by atoms with Gasteiger partial charge in [0.05, 0.1) is 18.4 Å². The maximum absolute atomic E-state index is 13.8. The summed E-state index contributed by atoms with van der Waals surface area (Å²) in [6, 6.07) is 8.65. The molecule has 0 aliphatic heterocycles. The van der Waals surface area contributed by atoms with E-state index in [1.807, 2.05) is 17.5 Å². The van der Waals surface area contributed by atoms with Crippen LogP contribution >= 0.6 is 11.3 Å². The molecule has 0 aliphatic rings. The molecule has 1 aromatic carbocycles. The Labute approximate surface area is 119 Å². The van der Waals surface area contributed by atoms with Gasteiger partial charge in [-0.05, 0) is 29.6 Å². The topological polar surface area (TPSA) is 63.9 Å². The van der Waals surface area contributed by atoms with Gasteiger partial charge in [0.2, 0.25) is 0 Å². The maximum atomic E-state index is 13.8. The van der Waals surface area contributed by atoms with Crippen molar-refractivity contribution in [3.63, 3.8) is 0 Å². The minimum absolute atomic E-state index is 0.207. The molecule has 6 heteroatoms. The third-order valence-corrected chi connectivity index (χ3v) is 3.89. The molecule has 2 aromatic heterocycles. The van der Waals surface area contributed by atoms with E-state index in [1.54, 1.807) is 23.5 Å². The van der Waals surface area contributed by atoms with Crippen LogP contribution < -0.4 is 10.5 Å². The van der Waals surface area contributed by atoms with Crippen LogP contribution in [0.1, 0.15) is 0 Å². The molecular formula is C14H12FN3OS. The molecule has 3 aromatic rings. The molecule has 20 heavy (non-hydrogen) atoms. The quantitative estimate of drug-likeness (QED) is 0.775. The molecule has 3 N–H and O–H groups in total. The number of nitrogens with two attached hydrogens (primary N) is 1. The predicted molar refractivity (Wildman–Crippen MR) is 78.3 cm³/mol. The van der Waals surface area contributed by atoms with Crippen molar-refractivity contribution in [3.05, 3.63) is 41.5 Å². The summed E-state index contributed by atoms with van der Waals surface area (Å²) in [5, 5.41) is 8.85. The largest absolute Gasteiger partial charge is 0.494 e. The van der Waals surface area contributed by atoms with E-state index in [4.69, 9.17) is 10.5 Å². The Morgan fingerprint density at radius 1 is 1.35 bits per heavy atom. The summed E-state index contributed by atoms with van der Waals surface area (Å²) >= 11 is 1.56. The number of ether oxygens (including phenoxy) is 1. The van der Waals surface area contributed by atoms with Gasteiger partial charge >= 0.3 is 0 Å². The highest BCUT2D eigenvalue weighted by molar-refractivity contribution is 7.13. The number of thiophene rings is 1. The van der Waals surface area contributed by atoms with E-state index in [0.717, 1.165) is 10.4 Å². The third-order valence-electron chi connectivity index (χ3n) is 3.00. The molecule has 0 amide bonds. The SMILES string of the molecule is COc1ccc(-c2[nH]nc(N)c2-c2cccs2)cc1F. The summed E-state index contributed by atoms with van der Waals surface area (Å²) in [5.41, 5.74) is 8.08. The van der Waals surface area contributed by atoms with Gasteiger partial charge in [-0.3, -0.25) is 5.10 Å². The van der Waals surface area contributed by atoms with Crippen molar-refractivity contribution in [3.8, 4) is 27.4 Å². The number of H-pyrrole nitrogens is 1. The summed E-state index contributed by atoms with van der Waals surface area (Å²) in [5.74, 6) is 0.188. The van der Waals surface area contributed by atoms with Crippen molar-refractivity contribution in [2.45, 2.75) is 0 Å².